The van der Waals surface area contributed by atoms with Gasteiger partial charge in [0.15, 0.2) is 0 Å². The number of rotatable bonds is 6. The Bertz CT molecular complexity index is 1350. The van der Waals surface area contributed by atoms with Crippen LogP contribution in [0.3, 0.4) is 0 Å². The van der Waals surface area contributed by atoms with Gasteiger partial charge in [0.25, 0.3) is 5.91 Å². The van der Waals surface area contributed by atoms with E-state index in [-0.39, 0.29) is 15.9 Å². The summed E-state index contributed by atoms with van der Waals surface area (Å²) in [6.07, 6.45) is 1.63. The zero-order valence-corrected chi connectivity index (χ0v) is 19.9. The number of amides is 1. The molecule has 1 amide bonds. The summed E-state index contributed by atoms with van der Waals surface area (Å²) in [6.45, 7) is 3.33. The highest BCUT2D eigenvalue weighted by Crippen LogP contribution is 2.34. The number of hydrogen-bond donors (Lipinski definition) is 1. The second-order valence-electron chi connectivity index (χ2n) is 7.29. The molecule has 0 aliphatic carbocycles. The van der Waals surface area contributed by atoms with Crippen LogP contribution in [0.1, 0.15) is 34.5 Å². The normalized spacial score (nSPS) is 12.3. The van der Waals surface area contributed by atoms with Crippen LogP contribution in [0, 0.1) is 18.6 Å². The lowest BCUT2D eigenvalue weighted by atomic mass is 9.99. The Kier molecular flexibility index (Phi) is 7.26. The van der Waals surface area contributed by atoms with Crippen molar-refractivity contribution in [2.24, 2.45) is 0 Å². The molecule has 0 saturated carbocycles. The van der Waals surface area contributed by atoms with Crippen molar-refractivity contribution < 1.29 is 26.7 Å². The molecule has 33 heavy (non-hydrogen) atoms. The van der Waals surface area contributed by atoms with Crippen molar-refractivity contribution >= 4 is 39.1 Å². The van der Waals surface area contributed by atoms with E-state index in [1.54, 1.807) is 18.6 Å². The van der Waals surface area contributed by atoms with E-state index in [0.717, 1.165) is 12.3 Å². The van der Waals surface area contributed by atoms with E-state index in [4.69, 9.17) is 27.9 Å². The molecule has 1 atom stereocenters. The van der Waals surface area contributed by atoms with Crippen LogP contribution in [0.2, 0.25) is 10.0 Å². The first-order chi connectivity index (χ1) is 15.4. The first kappa shape index (κ1) is 24.9. The molecule has 0 saturated heterocycles. The van der Waals surface area contributed by atoms with Crippen molar-refractivity contribution in [2.45, 2.75) is 20.0 Å². The predicted octanol–water partition coefficient (Wildman–Crippen LogP) is 5.47. The van der Waals surface area contributed by atoms with E-state index < -0.39 is 39.2 Å². The number of nitrogens with one attached hydrogen (secondary N) is 1. The maximum atomic E-state index is 14.6. The second-order valence-corrected chi connectivity index (χ2v) is 9.85. The highest BCUT2D eigenvalue weighted by Gasteiger charge is 2.20. The van der Waals surface area contributed by atoms with E-state index in [1.165, 1.54) is 36.5 Å². The molecule has 0 fully saturated rings. The number of halogens is 4. The minimum Gasteiger partial charge on any atom is -0.469 e. The van der Waals surface area contributed by atoms with Gasteiger partial charge in [0.2, 0.25) is 15.9 Å². The number of aryl methyl sites for hydroxylation is 1. The molecule has 0 bridgehead atoms. The second kappa shape index (κ2) is 9.62. The summed E-state index contributed by atoms with van der Waals surface area (Å²) in [4.78, 5) is 16.2. The van der Waals surface area contributed by atoms with Crippen LogP contribution < -0.4 is 9.46 Å². The Morgan fingerprint density at radius 2 is 1.82 bits per heavy atom. The molecular weight excluding hydrogens is 497 g/mol. The van der Waals surface area contributed by atoms with Crippen molar-refractivity contribution in [2.75, 3.05) is 6.26 Å². The summed E-state index contributed by atoms with van der Waals surface area (Å²) in [7, 11) is -3.84. The summed E-state index contributed by atoms with van der Waals surface area (Å²) >= 11 is 12.4. The lowest BCUT2D eigenvalue weighted by Gasteiger charge is -2.17. The average Bonchev–Trinajstić information content (AvgIpc) is 2.69. The van der Waals surface area contributed by atoms with Gasteiger partial charge in [0, 0.05) is 17.3 Å². The van der Waals surface area contributed by atoms with Crippen molar-refractivity contribution in [1.29, 1.82) is 0 Å². The standard InChI is InChI=1S/C22H18Cl2F2N2O4S/c1-11-6-17(21(29)28-33(3,30)31)20(26)9-16(11)13-7-19(24)22(27-10-13)32-12(2)15-5-4-14(25)8-18(15)23/h4-10,12H,1-3H3,(H,28,29)/t12-/m1/s1. The van der Waals surface area contributed by atoms with Gasteiger partial charge in [-0.05, 0) is 55.3 Å². The van der Waals surface area contributed by atoms with Gasteiger partial charge in [-0.1, -0.05) is 29.3 Å². The molecule has 174 valence electrons. The number of ether oxygens (including phenoxy) is 1. The number of aromatic nitrogens is 1. The Morgan fingerprint density at radius 1 is 1.12 bits per heavy atom. The average molecular weight is 515 g/mol. The van der Waals surface area contributed by atoms with Crippen LogP contribution >= 0.6 is 23.2 Å². The van der Waals surface area contributed by atoms with Crippen LogP contribution in [-0.2, 0) is 10.0 Å². The Balaban J connectivity index is 1.87. The first-order valence-electron chi connectivity index (χ1n) is 9.45. The smallest absolute Gasteiger partial charge is 0.267 e. The van der Waals surface area contributed by atoms with Gasteiger partial charge in [-0.25, -0.2) is 26.9 Å². The Morgan fingerprint density at radius 3 is 2.42 bits per heavy atom. The van der Waals surface area contributed by atoms with Gasteiger partial charge in [-0.15, -0.1) is 0 Å². The molecule has 0 aliphatic heterocycles. The SMILES string of the molecule is Cc1cc(C(=O)NS(C)(=O)=O)c(F)cc1-c1cnc(O[C@H](C)c2ccc(F)cc2Cl)c(Cl)c1. The molecule has 3 aromatic rings. The molecule has 3 rings (SSSR count). The predicted molar refractivity (Wildman–Crippen MR) is 122 cm³/mol. The quantitative estimate of drug-likeness (QED) is 0.471. The number of hydrogen-bond acceptors (Lipinski definition) is 5. The van der Waals surface area contributed by atoms with Crippen LogP contribution in [0.25, 0.3) is 11.1 Å². The molecule has 0 radical (unpaired) electrons. The molecule has 2 aromatic carbocycles. The van der Waals surface area contributed by atoms with Gasteiger partial charge in [0.05, 0.1) is 16.8 Å². The fourth-order valence-electron chi connectivity index (χ4n) is 3.11. The third-order valence-corrected chi connectivity index (χ3v) is 5.80. The molecule has 0 aliphatic rings. The summed E-state index contributed by atoms with van der Waals surface area (Å²) in [5.41, 5.74) is 1.48. The van der Waals surface area contributed by atoms with Gasteiger partial charge in [-0.3, -0.25) is 4.79 Å². The van der Waals surface area contributed by atoms with Crippen molar-refractivity contribution in [3.05, 3.63) is 81.0 Å². The van der Waals surface area contributed by atoms with Crippen molar-refractivity contribution in [3.8, 4) is 17.0 Å². The number of pyridine rings is 1. The Labute approximate surface area is 199 Å². The lowest BCUT2D eigenvalue weighted by molar-refractivity contribution is 0.0977. The minimum absolute atomic E-state index is 0.0931. The molecule has 11 heteroatoms. The van der Waals surface area contributed by atoms with Crippen molar-refractivity contribution in [1.82, 2.24) is 9.71 Å². The number of sulfonamides is 1. The highest BCUT2D eigenvalue weighted by molar-refractivity contribution is 7.89. The van der Waals surface area contributed by atoms with E-state index in [9.17, 15) is 22.0 Å². The molecular formula is C22H18Cl2F2N2O4S. The maximum Gasteiger partial charge on any atom is 0.267 e. The monoisotopic (exact) mass is 514 g/mol. The maximum absolute atomic E-state index is 14.6. The number of benzene rings is 2. The summed E-state index contributed by atoms with van der Waals surface area (Å²) in [5.74, 6) is -2.36. The number of carbonyl (C=O) groups excluding carboxylic acids is 1. The molecule has 6 nitrogen and oxygen atoms in total. The Hall–Kier alpha value is -2.75. The molecule has 0 unspecified atom stereocenters. The van der Waals surface area contributed by atoms with Gasteiger partial charge in [-0.2, -0.15) is 0 Å². The lowest BCUT2D eigenvalue weighted by Crippen LogP contribution is -2.30. The van der Waals surface area contributed by atoms with Gasteiger partial charge >= 0.3 is 0 Å². The molecule has 0 spiro atoms. The summed E-state index contributed by atoms with van der Waals surface area (Å²) in [5, 5.41) is 0.331. The van der Waals surface area contributed by atoms with Crippen LogP contribution in [-0.4, -0.2) is 25.6 Å². The first-order valence-corrected chi connectivity index (χ1v) is 12.1. The van der Waals surface area contributed by atoms with E-state index in [0.29, 0.717) is 22.3 Å². The summed E-state index contributed by atoms with van der Waals surface area (Å²) in [6, 6.07) is 7.78. The largest absolute Gasteiger partial charge is 0.469 e. The van der Waals surface area contributed by atoms with Gasteiger partial charge < -0.3 is 4.74 Å². The molecule has 1 N–H and O–H groups in total. The van der Waals surface area contributed by atoms with E-state index in [1.807, 2.05) is 0 Å². The summed E-state index contributed by atoms with van der Waals surface area (Å²) < 4.78 is 57.9. The third-order valence-electron chi connectivity index (χ3n) is 4.64. The topological polar surface area (TPSA) is 85.4 Å². The number of carbonyl (C=O) groups is 1. The van der Waals surface area contributed by atoms with Gasteiger partial charge in [0.1, 0.15) is 22.8 Å². The zero-order valence-electron chi connectivity index (χ0n) is 17.6. The van der Waals surface area contributed by atoms with Crippen molar-refractivity contribution in [3.63, 3.8) is 0 Å². The zero-order chi connectivity index (χ0) is 24.5. The van der Waals surface area contributed by atoms with Crippen LogP contribution in [0.15, 0.2) is 42.6 Å². The highest BCUT2D eigenvalue weighted by atomic mass is 35.5. The minimum atomic E-state index is -3.84. The fraction of sp³-hybridized carbons (Fsp3) is 0.182. The number of nitrogens with zero attached hydrogens (tertiary/aromatic N) is 1. The van der Waals surface area contributed by atoms with Crippen LogP contribution in [0.5, 0.6) is 5.88 Å². The fourth-order valence-corrected chi connectivity index (χ4v) is 4.09. The third kappa shape index (κ3) is 5.98. The van der Waals surface area contributed by atoms with E-state index >= 15 is 0 Å². The van der Waals surface area contributed by atoms with Crippen LogP contribution in [0.4, 0.5) is 8.78 Å². The van der Waals surface area contributed by atoms with E-state index in [2.05, 4.69) is 4.98 Å². The molecule has 1 heterocycles. The molecule has 1 aromatic heterocycles.